The maximum atomic E-state index is 12.0. The molecule has 2 aromatic carbocycles. The molecule has 2 N–H and O–H groups in total. The molecule has 1 aromatic heterocycles. The minimum absolute atomic E-state index is 0.115. The van der Waals surface area contributed by atoms with Gasteiger partial charge in [0.1, 0.15) is 0 Å². The predicted octanol–water partition coefficient (Wildman–Crippen LogP) is 4.74. The zero-order chi connectivity index (χ0) is 16.9. The highest BCUT2D eigenvalue weighted by Crippen LogP contribution is 2.35. The summed E-state index contributed by atoms with van der Waals surface area (Å²) in [7, 11) is 0. The molecule has 0 bridgehead atoms. The topological polar surface area (TPSA) is 49.3 Å². The van der Waals surface area contributed by atoms with Crippen LogP contribution in [0.4, 0.5) is 5.69 Å². The highest BCUT2D eigenvalue weighted by atomic mass is 35.5. The molecule has 0 aliphatic rings. The van der Waals surface area contributed by atoms with E-state index in [4.69, 9.17) is 16.7 Å². The Morgan fingerprint density at radius 2 is 1.92 bits per heavy atom. The Kier molecular flexibility index (Phi) is 5.30. The number of rotatable bonds is 5. The molecule has 0 aliphatic carbocycles. The number of thiophene rings is 1. The SMILES string of the molecule is O=C(/C=C/c1sc2ccccc2c1Cl)Nc1ccc(CCO)cc1. The molecule has 1 amide bonds. The molecule has 0 atom stereocenters. The number of nitrogens with one attached hydrogen (secondary N) is 1. The number of anilines is 1. The van der Waals surface area contributed by atoms with Crippen LogP contribution in [0.1, 0.15) is 10.4 Å². The molecule has 0 aliphatic heterocycles. The van der Waals surface area contributed by atoms with Crippen LogP contribution in [-0.2, 0) is 11.2 Å². The summed E-state index contributed by atoms with van der Waals surface area (Å²) in [6.45, 7) is 0.115. The minimum Gasteiger partial charge on any atom is -0.396 e. The lowest BCUT2D eigenvalue weighted by atomic mass is 10.1. The molecular weight excluding hydrogens is 342 g/mol. The van der Waals surface area contributed by atoms with Crippen molar-refractivity contribution in [3.8, 4) is 0 Å². The van der Waals surface area contributed by atoms with Crippen molar-refractivity contribution in [1.82, 2.24) is 0 Å². The van der Waals surface area contributed by atoms with E-state index in [0.29, 0.717) is 17.1 Å². The van der Waals surface area contributed by atoms with Crippen LogP contribution < -0.4 is 5.32 Å². The average Bonchev–Trinajstić information content (AvgIpc) is 2.92. The summed E-state index contributed by atoms with van der Waals surface area (Å²) in [6, 6.07) is 15.3. The van der Waals surface area contributed by atoms with Crippen molar-refractivity contribution in [3.63, 3.8) is 0 Å². The summed E-state index contributed by atoms with van der Waals surface area (Å²) < 4.78 is 1.10. The van der Waals surface area contributed by atoms with Crippen LogP contribution in [0.2, 0.25) is 5.02 Å². The van der Waals surface area contributed by atoms with Crippen molar-refractivity contribution in [3.05, 3.63) is 70.1 Å². The van der Waals surface area contributed by atoms with Crippen LogP contribution in [0, 0.1) is 0 Å². The molecule has 3 nitrogen and oxygen atoms in total. The summed E-state index contributed by atoms with van der Waals surface area (Å²) in [5.41, 5.74) is 1.75. The van der Waals surface area contributed by atoms with Gasteiger partial charge in [-0.1, -0.05) is 41.9 Å². The monoisotopic (exact) mass is 357 g/mol. The normalized spacial score (nSPS) is 11.2. The van der Waals surface area contributed by atoms with Crippen molar-refractivity contribution in [2.24, 2.45) is 0 Å². The van der Waals surface area contributed by atoms with Crippen LogP contribution in [0.15, 0.2) is 54.6 Å². The Balaban J connectivity index is 1.69. The van der Waals surface area contributed by atoms with Gasteiger partial charge in [0.2, 0.25) is 5.91 Å². The fourth-order valence-electron chi connectivity index (χ4n) is 2.36. The lowest BCUT2D eigenvalue weighted by Gasteiger charge is -2.03. The Hall–Kier alpha value is -2.14. The second-order valence-electron chi connectivity index (χ2n) is 5.27. The van der Waals surface area contributed by atoms with Gasteiger partial charge in [0.05, 0.1) is 5.02 Å². The Morgan fingerprint density at radius 1 is 1.17 bits per heavy atom. The molecule has 0 saturated carbocycles. The Bertz CT molecular complexity index is 884. The van der Waals surface area contributed by atoms with Gasteiger partial charge in [-0.15, -0.1) is 11.3 Å². The van der Waals surface area contributed by atoms with E-state index in [1.54, 1.807) is 17.4 Å². The number of aliphatic hydroxyl groups excluding tert-OH is 1. The first kappa shape index (κ1) is 16.7. The van der Waals surface area contributed by atoms with Crippen LogP contribution in [0.25, 0.3) is 16.2 Å². The van der Waals surface area contributed by atoms with E-state index in [1.165, 1.54) is 6.08 Å². The van der Waals surface area contributed by atoms with E-state index >= 15 is 0 Å². The number of carbonyl (C=O) groups excluding carboxylic acids is 1. The predicted molar refractivity (Wildman–Crippen MR) is 102 cm³/mol. The summed E-state index contributed by atoms with van der Waals surface area (Å²) >= 11 is 7.91. The number of amides is 1. The van der Waals surface area contributed by atoms with E-state index in [-0.39, 0.29) is 12.5 Å². The molecule has 122 valence electrons. The maximum absolute atomic E-state index is 12.0. The van der Waals surface area contributed by atoms with Crippen molar-refractivity contribution in [2.75, 3.05) is 11.9 Å². The third-order valence-electron chi connectivity index (χ3n) is 3.57. The van der Waals surface area contributed by atoms with Crippen molar-refractivity contribution in [2.45, 2.75) is 6.42 Å². The van der Waals surface area contributed by atoms with Gasteiger partial charge in [-0.25, -0.2) is 0 Å². The first-order chi connectivity index (χ1) is 11.7. The van der Waals surface area contributed by atoms with Gasteiger partial charge in [-0.3, -0.25) is 4.79 Å². The Labute approximate surface area is 149 Å². The minimum atomic E-state index is -0.210. The number of halogens is 1. The number of fused-ring (bicyclic) bond motifs is 1. The van der Waals surface area contributed by atoms with Crippen LogP contribution in [0.3, 0.4) is 0 Å². The molecule has 1 heterocycles. The quantitative estimate of drug-likeness (QED) is 0.648. The van der Waals surface area contributed by atoms with E-state index in [9.17, 15) is 4.79 Å². The summed E-state index contributed by atoms with van der Waals surface area (Å²) in [5, 5.41) is 13.4. The van der Waals surface area contributed by atoms with Crippen LogP contribution in [-0.4, -0.2) is 17.6 Å². The summed E-state index contributed by atoms with van der Waals surface area (Å²) in [6.07, 6.45) is 3.83. The Morgan fingerprint density at radius 3 is 2.62 bits per heavy atom. The van der Waals surface area contributed by atoms with E-state index in [1.807, 2.05) is 48.5 Å². The third kappa shape index (κ3) is 3.85. The van der Waals surface area contributed by atoms with Gasteiger partial charge in [0.15, 0.2) is 0 Å². The largest absolute Gasteiger partial charge is 0.396 e. The highest BCUT2D eigenvalue weighted by Gasteiger charge is 2.07. The van der Waals surface area contributed by atoms with Gasteiger partial charge in [-0.05, 0) is 36.3 Å². The molecule has 5 heteroatoms. The summed E-state index contributed by atoms with van der Waals surface area (Å²) in [5.74, 6) is -0.210. The van der Waals surface area contributed by atoms with Gasteiger partial charge in [0, 0.05) is 33.3 Å². The second kappa shape index (κ2) is 7.62. The lowest BCUT2D eigenvalue weighted by molar-refractivity contribution is -0.111. The van der Waals surface area contributed by atoms with Gasteiger partial charge in [0.25, 0.3) is 0 Å². The van der Waals surface area contributed by atoms with E-state index in [0.717, 1.165) is 20.5 Å². The molecule has 0 saturated heterocycles. The zero-order valence-electron chi connectivity index (χ0n) is 12.8. The van der Waals surface area contributed by atoms with Gasteiger partial charge < -0.3 is 10.4 Å². The number of hydrogen-bond acceptors (Lipinski definition) is 3. The number of carbonyl (C=O) groups is 1. The second-order valence-corrected chi connectivity index (χ2v) is 6.73. The molecule has 0 fully saturated rings. The zero-order valence-corrected chi connectivity index (χ0v) is 14.4. The molecule has 24 heavy (non-hydrogen) atoms. The number of aliphatic hydroxyl groups is 1. The molecular formula is C19H16ClNO2S. The van der Waals surface area contributed by atoms with E-state index < -0.39 is 0 Å². The highest BCUT2D eigenvalue weighted by molar-refractivity contribution is 7.20. The fraction of sp³-hybridized carbons (Fsp3) is 0.105. The summed E-state index contributed by atoms with van der Waals surface area (Å²) in [4.78, 5) is 12.9. The molecule has 0 radical (unpaired) electrons. The van der Waals surface area contributed by atoms with Gasteiger partial charge >= 0.3 is 0 Å². The van der Waals surface area contributed by atoms with E-state index in [2.05, 4.69) is 5.32 Å². The van der Waals surface area contributed by atoms with Crippen molar-refractivity contribution < 1.29 is 9.90 Å². The fourth-order valence-corrected chi connectivity index (χ4v) is 3.76. The molecule has 3 aromatic rings. The van der Waals surface area contributed by atoms with Crippen LogP contribution in [0.5, 0.6) is 0 Å². The smallest absolute Gasteiger partial charge is 0.248 e. The molecule has 0 spiro atoms. The molecule has 0 unspecified atom stereocenters. The lowest BCUT2D eigenvalue weighted by Crippen LogP contribution is -2.07. The van der Waals surface area contributed by atoms with Crippen molar-refractivity contribution in [1.29, 1.82) is 0 Å². The van der Waals surface area contributed by atoms with Gasteiger partial charge in [-0.2, -0.15) is 0 Å². The average molecular weight is 358 g/mol. The standard InChI is InChI=1S/C19H16ClNO2S/c20-19-15-3-1-2-4-16(15)24-17(19)9-10-18(23)21-14-7-5-13(6-8-14)11-12-22/h1-10,22H,11-12H2,(H,21,23)/b10-9+. The first-order valence-electron chi connectivity index (χ1n) is 7.53. The molecule has 3 rings (SSSR count). The number of benzene rings is 2. The number of hydrogen-bond donors (Lipinski definition) is 2. The van der Waals surface area contributed by atoms with Crippen molar-refractivity contribution >= 4 is 50.7 Å². The third-order valence-corrected chi connectivity index (χ3v) is 5.22. The maximum Gasteiger partial charge on any atom is 0.248 e. The first-order valence-corrected chi connectivity index (χ1v) is 8.72. The van der Waals surface area contributed by atoms with Crippen LogP contribution >= 0.6 is 22.9 Å².